The van der Waals surface area contributed by atoms with Crippen molar-refractivity contribution < 1.29 is 0 Å². The minimum atomic E-state index is 0.550. The fourth-order valence-electron chi connectivity index (χ4n) is 2.60. The van der Waals surface area contributed by atoms with Crippen LogP contribution in [0.4, 0.5) is 0 Å². The van der Waals surface area contributed by atoms with Crippen molar-refractivity contribution in [3.8, 4) is 11.4 Å². The van der Waals surface area contributed by atoms with Crippen LogP contribution in [0.1, 0.15) is 43.8 Å². The standard InChI is InChI=1S/C14H15ClIN3/c15-11-8-10(6-7-12(11)16)14-17-13(18-19-14)9-4-2-1-3-5-9/h6-9H,1-5H2,(H,17,18,19). The third-order valence-electron chi connectivity index (χ3n) is 3.67. The SMILES string of the molecule is Clc1cc(-c2n[nH]c(C3CCCCC3)n2)ccc1I. The zero-order valence-corrected chi connectivity index (χ0v) is 13.4. The van der Waals surface area contributed by atoms with Crippen LogP contribution in [-0.4, -0.2) is 15.2 Å². The van der Waals surface area contributed by atoms with Gasteiger partial charge in [-0.3, -0.25) is 5.10 Å². The summed E-state index contributed by atoms with van der Waals surface area (Å²) in [5, 5.41) is 8.19. The maximum Gasteiger partial charge on any atom is 0.181 e. The van der Waals surface area contributed by atoms with Gasteiger partial charge in [-0.15, -0.1) is 0 Å². The van der Waals surface area contributed by atoms with Gasteiger partial charge in [0.15, 0.2) is 5.82 Å². The van der Waals surface area contributed by atoms with E-state index in [0.29, 0.717) is 5.92 Å². The zero-order valence-electron chi connectivity index (χ0n) is 10.5. The second kappa shape index (κ2) is 5.79. The molecule has 0 aliphatic heterocycles. The van der Waals surface area contributed by atoms with E-state index in [1.54, 1.807) is 0 Å². The topological polar surface area (TPSA) is 41.6 Å². The first-order chi connectivity index (χ1) is 9.24. The van der Waals surface area contributed by atoms with Gasteiger partial charge in [-0.1, -0.05) is 30.9 Å². The molecule has 0 unspecified atom stereocenters. The van der Waals surface area contributed by atoms with E-state index in [1.165, 1.54) is 32.1 Å². The highest BCUT2D eigenvalue weighted by molar-refractivity contribution is 14.1. The van der Waals surface area contributed by atoms with E-state index in [1.807, 2.05) is 18.2 Å². The van der Waals surface area contributed by atoms with Crippen LogP contribution in [0.25, 0.3) is 11.4 Å². The predicted octanol–water partition coefficient (Wildman–Crippen LogP) is 4.78. The molecule has 1 aromatic heterocycles. The molecular formula is C14H15ClIN3. The van der Waals surface area contributed by atoms with E-state index in [0.717, 1.165) is 25.8 Å². The van der Waals surface area contributed by atoms with Crippen LogP contribution in [0.5, 0.6) is 0 Å². The zero-order chi connectivity index (χ0) is 13.2. The van der Waals surface area contributed by atoms with E-state index in [2.05, 4.69) is 37.8 Å². The molecule has 0 amide bonds. The normalized spacial score (nSPS) is 16.7. The lowest BCUT2D eigenvalue weighted by molar-refractivity contribution is 0.429. The minimum Gasteiger partial charge on any atom is -0.262 e. The van der Waals surface area contributed by atoms with Gasteiger partial charge in [0.1, 0.15) is 5.82 Å². The lowest BCUT2D eigenvalue weighted by Gasteiger charge is -2.18. The van der Waals surface area contributed by atoms with Crippen molar-refractivity contribution in [3.63, 3.8) is 0 Å². The van der Waals surface area contributed by atoms with E-state index < -0.39 is 0 Å². The largest absolute Gasteiger partial charge is 0.262 e. The fraction of sp³-hybridized carbons (Fsp3) is 0.429. The van der Waals surface area contributed by atoms with Crippen LogP contribution in [0, 0.1) is 3.57 Å². The third kappa shape index (κ3) is 2.94. The van der Waals surface area contributed by atoms with E-state index in [4.69, 9.17) is 11.6 Å². The Morgan fingerprint density at radius 1 is 1.21 bits per heavy atom. The summed E-state index contributed by atoms with van der Waals surface area (Å²) in [6.45, 7) is 0. The molecule has 5 heteroatoms. The van der Waals surface area contributed by atoms with Crippen molar-refractivity contribution in [1.82, 2.24) is 15.2 Å². The molecule has 0 bridgehead atoms. The maximum atomic E-state index is 6.15. The van der Waals surface area contributed by atoms with Crippen molar-refractivity contribution in [2.75, 3.05) is 0 Å². The predicted molar refractivity (Wildman–Crippen MR) is 85.4 cm³/mol. The van der Waals surface area contributed by atoms with Gasteiger partial charge in [0.2, 0.25) is 0 Å². The summed E-state index contributed by atoms with van der Waals surface area (Å²) in [5.74, 6) is 2.33. The molecule has 3 rings (SSSR count). The second-order valence-electron chi connectivity index (χ2n) is 5.01. The number of aromatic nitrogens is 3. The molecular weight excluding hydrogens is 373 g/mol. The molecule has 1 aliphatic carbocycles. The molecule has 1 heterocycles. The van der Waals surface area contributed by atoms with Crippen LogP contribution in [0.15, 0.2) is 18.2 Å². The Balaban J connectivity index is 1.85. The van der Waals surface area contributed by atoms with Gasteiger partial charge in [0.25, 0.3) is 0 Å². The van der Waals surface area contributed by atoms with Gasteiger partial charge in [0, 0.05) is 15.1 Å². The Morgan fingerprint density at radius 3 is 2.74 bits per heavy atom. The Morgan fingerprint density at radius 2 is 2.00 bits per heavy atom. The molecule has 1 aromatic carbocycles. The van der Waals surface area contributed by atoms with Crippen molar-refractivity contribution in [3.05, 3.63) is 32.6 Å². The molecule has 0 atom stereocenters. The average molecular weight is 388 g/mol. The second-order valence-corrected chi connectivity index (χ2v) is 6.58. The molecule has 100 valence electrons. The summed E-state index contributed by atoms with van der Waals surface area (Å²) in [6, 6.07) is 5.94. The van der Waals surface area contributed by atoms with Gasteiger partial charge >= 0.3 is 0 Å². The van der Waals surface area contributed by atoms with Crippen LogP contribution in [-0.2, 0) is 0 Å². The number of nitrogens with zero attached hydrogens (tertiary/aromatic N) is 2. The summed E-state index contributed by atoms with van der Waals surface area (Å²) >= 11 is 8.37. The van der Waals surface area contributed by atoms with Crippen molar-refractivity contribution in [1.29, 1.82) is 0 Å². The number of H-pyrrole nitrogens is 1. The van der Waals surface area contributed by atoms with Crippen molar-refractivity contribution in [2.24, 2.45) is 0 Å². The first-order valence-corrected chi connectivity index (χ1v) is 8.07. The summed E-state index contributed by atoms with van der Waals surface area (Å²) in [7, 11) is 0. The molecule has 0 saturated heterocycles. The highest BCUT2D eigenvalue weighted by Crippen LogP contribution is 2.32. The van der Waals surface area contributed by atoms with Crippen LogP contribution in [0.2, 0.25) is 5.02 Å². The average Bonchev–Trinajstić information content (AvgIpc) is 2.93. The maximum absolute atomic E-state index is 6.15. The molecule has 19 heavy (non-hydrogen) atoms. The molecule has 2 aromatic rings. The van der Waals surface area contributed by atoms with Crippen molar-refractivity contribution in [2.45, 2.75) is 38.0 Å². The molecule has 1 aliphatic rings. The number of benzene rings is 1. The first-order valence-electron chi connectivity index (χ1n) is 6.62. The number of halogens is 2. The van der Waals surface area contributed by atoms with Gasteiger partial charge in [-0.25, -0.2) is 4.98 Å². The molecule has 3 nitrogen and oxygen atoms in total. The third-order valence-corrected chi connectivity index (χ3v) is 5.24. The van der Waals surface area contributed by atoms with Crippen molar-refractivity contribution >= 4 is 34.2 Å². The lowest BCUT2D eigenvalue weighted by Crippen LogP contribution is -2.06. The Kier molecular flexibility index (Phi) is 4.07. The summed E-state index contributed by atoms with van der Waals surface area (Å²) in [6.07, 6.45) is 6.40. The molecule has 0 radical (unpaired) electrons. The number of hydrogen-bond acceptors (Lipinski definition) is 2. The highest BCUT2D eigenvalue weighted by atomic mass is 127. The number of rotatable bonds is 2. The first kappa shape index (κ1) is 13.4. The summed E-state index contributed by atoms with van der Waals surface area (Å²) in [4.78, 5) is 4.65. The van der Waals surface area contributed by atoms with E-state index in [-0.39, 0.29) is 0 Å². The quantitative estimate of drug-likeness (QED) is 0.754. The number of aromatic amines is 1. The fourth-order valence-corrected chi connectivity index (χ4v) is 3.11. The lowest BCUT2D eigenvalue weighted by atomic mass is 9.89. The molecule has 1 N–H and O–H groups in total. The van der Waals surface area contributed by atoms with Crippen LogP contribution < -0.4 is 0 Å². The Bertz CT molecular complexity index is 576. The van der Waals surface area contributed by atoms with Crippen LogP contribution >= 0.6 is 34.2 Å². The Hall–Kier alpha value is -0.620. The van der Waals surface area contributed by atoms with Gasteiger partial charge < -0.3 is 0 Å². The van der Waals surface area contributed by atoms with E-state index in [9.17, 15) is 0 Å². The monoisotopic (exact) mass is 387 g/mol. The summed E-state index contributed by atoms with van der Waals surface area (Å²) < 4.78 is 1.05. The molecule has 1 fully saturated rings. The number of hydrogen-bond donors (Lipinski definition) is 1. The van der Waals surface area contributed by atoms with E-state index >= 15 is 0 Å². The van der Waals surface area contributed by atoms with Gasteiger partial charge in [-0.2, -0.15) is 5.10 Å². The Labute approximate surface area is 131 Å². The van der Waals surface area contributed by atoms with Gasteiger partial charge in [0.05, 0.1) is 5.02 Å². The van der Waals surface area contributed by atoms with Crippen LogP contribution in [0.3, 0.4) is 0 Å². The molecule has 1 saturated carbocycles. The molecule has 0 spiro atoms. The minimum absolute atomic E-state index is 0.550. The van der Waals surface area contributed by atoms with Gasteiger partial charge in [-0.05, 0) is 53.6 Å². The highest BCUT2D eigenvalue weighted by Gasteiger charge is 2.19. The smallest absolute Gasteiger partial charge is 0.181 e. The summed E-state index contributed by atoms with van der Waals surface area (Å²) in [5.41, 5.74) is 0.976. The number of nitrogens with one attached hydrogen (secondary N) is 1.